The number of thiophene rings is 1. The van der Waals surface area contributed by atoms with Crippen LogP contribution in [0.15, 0.2) is 60.7 Å². The Morgan fingerprint density at radius 1 is 1.07 bits per heavy atom. The Morgan fingerprint density at radius 3 is 2.63 bits per heavy atom. The normalized spacial score (nSPS) is 16.0. The van der Waals surface area contributed by atoms with Crippen molar-refractivity contribution in [2.45, 2.75) is 26.1 Å². The molecular weight excluding hydrogens is 356 g/mol. The average Bonchev–Trinajstić information content (AvgIpc) is 3.19. The van der Waals surface area contributed by atoms with Crippen molar-refractivity contribution in [3.05, 3.63) is 81.5 Å². The van der Waals surface area contributed by atoms with E-state index in [1.807, 2.05) is 53.4 Å². The lowest BCUT2D eigenvalue weighted by molar-refractivity contribution is 0.0668. The standard InChI is InChI=1S/C22H22N2O2S/c1-3-16-12-13-20(27-16)21-23-18-10-6-5-9-17(18)22(25)24(21)14-15-8-4-7-11-19(15)26-2/h4-13,21,23H,3,14H2,1-2H3. The van der Waals surface area contributed by atoms with Gasteiger partial charge in [0.05, 0.1) is 19.2 Å². The third-order valence-electron chi connectivity index (χ3n) is 4.86. The Hall–Kier alpha value is -2.79. The second-order valence-corrected chi connectivity index (χ2v) is 7.69. The zero-order valence-electron chi connectivity index (χ0n) is 15.4. The minimum Gasteiger partial charge on any atom is -0.496 e. The van der Waals surface area contributed by atoms with Gasteiger partial charge in [0, 0.05) is 21.0 Å². The molecule has 1 atom stereocenters. The number of hydrogen-bond donors (Lipinski definition) is 1. The molecule has 0 radical (unpaired) electrons. The molecule has 0 fully saturated rings. The van der Waals surface area contributed by atoms with E-state index in [0.29, 0.717) is 12.1 Å². The Bertz CT molecular complexity index is 966. The van der Waals surface area contributed by atoms with Gasteiger partial charge in [-0.1, -0.05) is 37.3 Å². The van der Waals surface area contributed by atoms with Gasteiger partial charge in [0.1, 0.15) is 11.9 Å². The summed E-state index contributed by atoms with van der Waals surface area (Å²) in [6.07, 6.45) is 0.802. The zero-order valence-corrected chi connectivity index (χ0v) is 16.3. The maximum Gasteiger partial charge on any atom is 0.258 e. The van der Waals surface area contributed by atoms with E-state index in [0.717, 1.165) is 28.3 Å². The zero-order chi connectivity index (χ0) is 18.8. The molecule has 4 nitrogen and oxygen atoms in total. The van der Waals surface area contributed by atoms with Gasteiger partial charge in [-0.15, -0.1) is 11.3 Å². The number of para-hydroxylation sites is 2. The molecule has 1 amide bonds. The van der Waals surface area contributed by atoms with Crippen molar-refractivity contribution < 1.29 is 9.53 Å². The highest BCUT2D eigenvalue weighted by Gasteiger charge is 2.34. The molecule has 2 aromatic carbocycles. The molecule has 1 N–H and O–H groups in total. The largest absolute Gasteiger partial charge is 0.496 e. The molecule has 138 valence electrons. The highest BCUT2D eigenvalue weighted by Crippen LogP contribution is 2.37. The van der Waals surface area contributed by atoms with Gasteiger partial charge >= 0.3 is 0 Å². The topological polar surface area (TPSA) is 41.6 Å². The van der Waals surface area contributed by atoms with Crippen molar-refractivity contribution in [1.82, 2.24) is 4.90 Å². The fourth-order valence-corrected chi connectivity index (χ4v) is 4.45. The van der Waals surface area contributed by atoms with Gasteiger partial charge in [-0.2, -0.15) is 0 Å². The molecule has 1 aromatic heterocycles. The third-order valence-corrected chi connectivity index (χ3v) is 6.14. The summed E-state index contributed by atoms with van der Waals surface area (Å²) in [4.78, 5) is 17.7. The lowest BCUT2D eigenvalue weighted by Gasteiger charge is -2.37. The molecule has 0 saturated carbocycles. The second kappa shape index (κ2) is 7.45. The van der Waals surface area contributed by atoms with Crippen LogP contribution in [-0.4, -0.2) is 17.9 Å². The first-order valence-electron chi connectivity index (χ1n) is 9.08. The van der Waals surface area contributed by atoms with E-state index in [1.165, 1.54) is 4.88 Å². The van der Waals surface area contributed by atoms with Crippen molar-refractivity contribution in [2.75, 3.05) is 12.4 Å². The van der Waals surface area contributed by atoms with Crippen molar-refractivity contribution in [3.8, 4) is 5.75 Å². The molecule has 5 heteroatoms. The van der Waals surface area contributed by atoms with Crippen LogP contribution in [0, 0.1) is 0 Å². The quantitative estimate of drug-likeness (QED) is 0.673. The molecule has 1 aliphatic rings. The molecule has 27 heavy (non-hydrogen) atoms. The number of fused-ring (bicyclic) bond motifs is 1. The highest BCUT2D eigenvalue weighted by atomic mass is 32.1. The Kier molecular flexibility index (Phi) is 4.86. The minimum absolute atomic E-state index is 0.0340. The van der Waals surface area contributed by atoms with E-state index < -0.39 is 0 Å². The molecule has 1 unspecified atom stereocenters. The average molecular weight is 378 g/mol. The fraction of sp³-hybridized carbons (Fsp3) is 0.227. The summed E-state index contributed by atoms with van der Waals surface area (Å²) in [6.45, 7) is 2.63. The molecule has 0 aliphatic carbocycles. The Morgan fingerprint density at radius 2 is 1.85 bits per heavy atom. The number of nitrogens with zero attached hydrogens (tertiary/aromatic N) is 1. The lowest BCUT2D eigenvalue weighted by atomic mass is 10.1. The van der Waals surface area contributed by atoms with Crippen molar-refractivity contribution in [3.63, 3.8) is 0 Å². The van der Waals surface area contributed by atoms with Gasteiger partial charge in [0.2, 0.25) is 0 Å². The van der Waals surface area contributed by atoms with E-state index in [2.05, 4.69) is 24.4 Å². The first-order valence-corrected chi connectivity index (χ1v) is 9.90. The minimum atomic E-state index is -0.192. The van der Waals surface area contributed by atoms with Crippen LogP contribution in [0.5, 0.6) is 5.75 Å². The highest BCUT2D eigenvalue weighted by molar-refractivity contribution is 7.12. The van der Waals surface area contributed by atoms with Crippen LogP contribution in [0.2, 0.25) is 0 Å². The molecule has 1 aliphatic heterocycles. The predicted molar refractivity (Wildman–Crippen MR) is 109 cm³/mol. The molecule has 0 bridgehead atoms. The lowest BCUT2D eigenvalue weighted by Crippen LogP contribution is -2.42. The predicted octanol–water partition coefficient (Wildman–Crippen LogP) is 5.09. The smallest absolute Gasteiger partial charge is 0.258 e. The summed E-state index contributed by atoms with van der Waals surface area (Å²) in [5, 5.41) is 3.56. The van der Waals surface area contributed by atoms with E-state index in [1.54, 1.807) is 18.4 Å². The molecule has 0 saturated heterocycles. The van der Waals surface area contributed by atoms with Gasteiger partial charge in [0.25, 0.3) is 5.91 Å². The summed E-state index contributed by atoms with van der Waals surface area (Å²) in [5.74, 6) is 0.829. The number of rotatable bonds is 5. The number of ether oxygens (including phenoxy) is 1. The van der Waals surface area contributed by atoms with Gasteiger partial charge in [-0.05, 0) is 36.8 Å². The number of aryl methyl sites for hydroxylation is 1. The van der Waals surface area contributed by atoms with Gasteiger partial charge in [-0.3, -0.25) is 4.79 Å². The van der Waals surface area contributed by atoms with Crippen molar-refractivity contribution in [2.24, 2.45) is 0 Å². The van der Waals surface area contributed by atoms with Crippen LogP contribution >= 0.6 is 11.3 Å². The fourth-order valence-electron chi connectivity index (χ4n) is 3.43. The van der Waals surface area contributed by atoms with Crippen LogP contribution < -0.4 is 10.1 Å². The molecule has 3 aromatic rings. The van der Waals surface area contributed by atoms with Gasteiger partial charge in [0.15, 0.2) is 0 Å². The molecule has 4 rings (SSSR count). The van der Waals surface area contributed by atoms with Crippen LogP contribution in [0.3, 0.4) is 0 Å². The second-order valence-electron chi connectivity index (χ2n) is 6.49. The van der Waals surface area contributed by atoms with Crippen LogP contribution in [-0.2, 0) is 13.0 Å². The van der Waals surface area contributed by atoms with Gasteiger partial charge in [-0.25, -0.2) is 0 Å². The first kappa shape index (κ1) is 17.6. The number of hydrogen-bond acceptors (Lipinski definition) is 4. The van der Waals surface area contributed by atoms with E-state index >= 15 is 0 Å². The summed E-state index contributed by atoms with van der Waals surface area (Å²) < 4.78 is 5.50. The van der Waals surface area contributed by atoms with Crippen molar-refractivity contribution in [1.29, 1.82) is 0 Å². The first-order chi connectivity index (χ1) is 13.2. The number of carbonyl (C=O) groups excluding carboxylic acids is 1. The molecule has 2 heterocycles. The maximum atomic E-state index is 13.3. The summed E-state index contributed by atoms with van der Waals surface area (Å²) in [7, 11) is 1.66. The van der Waals surface area contributed by atoms with Gasteiger partial charge < -0.3 is 15.0 Å². The summed E-state index contributed by atoms with van der Waals surface area (Å²) in [6, 6.07) is 19.8. The number of benzene rings is 2. The Labute approximate surface area is 163 Å². The SMILES string of the molecule is CCc1ccc(C2Nc3ccccc3C(=O)N2Cc2ccccc2OC)s1. The number of nitrogens with one attached hydrogen (secondary N) is 1. The maximum absolute atomic E-state index is 13.3. The van der Waals surface area contributed by atoms with Crippen LogP contribution in [0.1, 0.15) is 38.8 Å². The number of amides is 1. The number of anilines is 1. The van der Waals surface area contributed by atoms with E-state index in [9.17, 15) is 4.79 Å². The molecular formula is C22H22N2O2S. The van der Waals surface area contributed by atoms with Crippen LogP contribution in [0.25, 0.3) is 0 Å². The number of methoxy groups -OCH3 is 1. The van der Waals surface area contributed by atoms with Crippen molar-refractivity contribution >= 4 is 22.9 Å². The Balaban J connectivity index is 1.75. The third kappa shape index (κ3) is 3.30. The molecule has 0 spiro atoms. The van der Waals surface area contributed by atoms with E-state index in [-0.39, 0.29) is 12.1 Å². The number of carbonyl (C=O) groups is 1. The van der Waals surface area contributed by atoms with Crippen LogP contribution in [0.4, 0.5) is 5.69 Å². The summed E-state index contributed by atoms with van der Waals surface area (Å²) in [5.41, 5.74) is 2.58. The summed E-state index contributed by atoms with van der Waals surface area (Å²) >= 11 is 1.75. The monoisotopic (exact) mass is 378 g/mol. The van der Waals surface area contributed by atoms with E-state index in [4.69, 9.17) is 4.74 Å².